The van der Waals surface area contributed by atoms with E-state index < -0.39 is 0 Å². The second kappa shape index (κ2) is 3.19. The first-order valence-electron chi connectivity index (χ1n) is 3.79. The molecule has 1 heterocycles. The van der Waals surface area contributed by atoms with E-state index in [1.165, 1.54) is 5.56 Å². The highest BCUT2D eigenvalue weighted by molar-refractivity contribution is 7.99. The van der Waals surface area contributed by atoms with Gasteiger partial charge in [0.05, 0.1) is 5.71 Å². The van der Waals surface area contributed by atoms with Crippen LogP contribution in [0.1, 0.15) is 11.1 Å². The molecule has 0 spiro atoms. The van der Waals surface area contributed by atoms with Crippen molar-refractivity contribution in [2.45, 2.75) is 5.75 Å². The highest BCUT2D eigenvalue weighted by Crippen LogP contribution is 2.24. The number of nitrogens with zero attached hydrogens (tertiary/aromatic N) is 1. The van der Waals surface area contributed by atoms with Gasteiger partial charge in [-0.15, -0.1) is 0 Å². The number of fused-ring (bicyclic) bond motifs is 1. The lowest BCUT2D eigenvalue weighted by Crippen LogP contribution is -2.12. The maximum atomic E-state index is 8.71. The van der Waals surface area contributed by atoms with E-state index in [2.05, 4.69) is 11.2 Å². The van der Waals surface area contributed by atoms with Crippen molar-refractivity contribution in [3.8, 4) is 0 Å². The van der Waals surface area contributed by atoms with Crippen molar-refractivity contribution in [3.63, 3.8) is 0 Å². The maximum Gasteiger partial charge on any atom is 0.0969 e. The number of benzene rings is 1. The van der Waals surface area contributed by atoms with Gasteiger partial charge in [0.15, 0.2) is 0 Å². The number of hydrogen-bond donors (Lipinski definition) is 1. The zero-order valence-electron chi connectivity index (χ0n) is 6.53. The van der Waals surface area contributed by atoms with Crippen LogP contribution < -0.4 is 0 Å². The summed E-state index contributed by atoms with van der Waals surface area (Å²) < 4.78 is 0. The van der Waals surface area contributed by atoms with E-state index in [1.54, 1.807) is 11.8 Å². The highest BCUT2D eigenvalue weighted by Gasteiger charge is 2.14. The van der Waals surface area contributed by atoms with E-state index >= 15 is 0 Å². The van der Waals surface area contributed by atoms with E-state index in [1.807, 2.05) is 18.2 Å². The molecule has 12 heavy (non-hydrogen) atoms. The number of hydrogen-bond acceptors (Lipinski definition) is 3. The Morgan fingerprint density at radius 3 is 2.92 bits per heavy atom. The molecule has 0 amide bonds. The molecule has 3 heteroatoms. The fraction of sp³-hybridized carbons (Fsp3) is 0.222. The molecular formula is C9H9NOS. The molecule has 0 radical (unpaired) electrons. The van der Waals surface area contributed by atoms with Crippen LogP contribution in [0, 0.1) is 0 Å². The summed E-state index contributed by atoms with van der Waals surface area (Å²) in [7, 11) is 0. The molecule has 0 bridgehead atoms. The van der Waals surface area contributed by atoms with Crippen LogP contribution in [0.5, 0.6) is 0 Å². The van der Waals surface area contributed by atoms with Gasteiger partial charge in [-0.25, -0.2) is 0 Å². The van der Waals surface area contributed by atoms with Gasteiger partial charge in [-0.05, 0) is 5.56 Å². The van der Waals surface area contributed by atoms with E-state index in [-0.39, 0.29) is 0 Å². The Hall–Kier alpha value is -0.960. The van der Waals surface area contributed by atoms with E-state index in [9.17, 15) is 0 Å². The van der Waals surface area contributed by atoms with Crippen molar-refractivity contribution in [2.75, 3.05) is 5.75 Å². The molecule has 1 aliphatic heterocycles. The van der Waals surface area contributed by atoms with Gasteiger partial charge >= 0.3 is 0 Å². The minimum Gasteiger partial charge on any atom is -0.411 e. The van der Waals surface area contributed by atoms with Gasteiger partial charge in [0, 0.05) is 17.1 Å². The normalized spacial score (nSPS) is 19.2. The second-order valence-electron chi connectivity index (χ2n) is 2.70. The predicted octanol–water partition coefficient (Wildman–Crippen LogP) is 2.11. The summed E-state index contributed by atoms with van der Waals surface area (Å²) in [5.74, 6) is 1.84. The third kappa shape index (κ3) is 1.20. The minimum absolute atomic E-state index is 0.793. The molecule has 0 aromatic heterocycles. The lowest BCUT2D eigenvalue weighted by Gasteiger charge is -2.15. The van der Waals surface area contributed by atoms with Crippen molar-refractivity contribution in [1.29, 1.82) is 0 Å². The average Bonchev–Trinajstić information content (AvgIpc) is 2.17. The van der Waals surface area contributed by atoms with Crippen molar-refractivity contribution in [1.82, 2.24) is 0 Å². The van der Waals surface area contributed by atoms with E-state index in [0.717, 1.165) is 22.8 Å². The molecule has 0 aliphatic carbocycles. The molecule has 1 aromatic carbocycles. The van der Waals surface area contributed by atoms with Crippen LogP contribution in [-0.4, -0.2) is 16.7 Å². The molecule has 0 atom stereocenters. The van der Waals surface area contributed by atoms with Crippen LogP contribution in [-0.2, 0) is 5.75 Å². The third-order valence-corrected chi connectivity index (χ3v) is 2.94. The first-order chi connectivity index (χ1) is 5.92. The standard InChI is InChI=1S/C9H9NOS/c11-10-9-6-12-5-7-3-1-2-4-8(7)9/h1-4,11H,5-6H2. The topological polar surface area (TPSA) is 32.6 Å². The zero-order chi connectivity index (χ0) is 8.39. The Morgan fingerprint density at radius 1 is 1.25 bits per heavy atom. The van der Waals surface area contributed by atoms with Gasteiger partial charge in [0.1, 0.15) is 0 Å². The van der Waals surface area contributed by atoms with E-state index in [4.69, 9.17) is 5.21 Å². The fourth-order valence-corrected chi connectivity index (χ4v) is 2.33. The Balaban J connectivity index is 2.51. The van der Waals surface area contributed by atoms with Crippen LogP contribution in [0.25, 0.3) is 0 Å². The minimum atomic E-state index is 0.793. The van der Waals surface area contributed by atoms with Crippen molar-refractivity contribution in [2.24, 2.45) is 5.16 Å². The molecule has 0 fully saturated rings. The smallest absolute Gasteiger partial charge is 0.0969 e. The zero-order valence-corrected chi connectivity index (χ0v) is 7.34. The largest absolute Gasteiger partial charge is 0.411 e. The summed E-state index contributed by atoms with van der Waals surface area (Å²) in [5, 5.41) is 12.0. The third-order valence-electron chi connectivity index (χ3n) is 1.95. The quantitative estimate of drug-likeness (QED) is 0.488. The number of oxime groups is 1. The van der Waals surface area contributed by atoms with Crippen molar-refractivity contribution in [3.05, 3.63) is 35.4 Å². The van der Waals surface area contributed by atoms with Gasteiger partial charge in [0.25, 0.3) is 0 Å². The lowest BCUT2D eigenvalue weighted by atomic mass is 10.1. The van der Waals surface area contributed by atoms with Gasteiger partial charge in [-0.3, -0.25) is 0 Å². The summed E-state index contributed by atoms with van der Waals surface area (Å²) in [4.78, 5) is 0. The second-order valence-corrected chi connectivity index (χ2v) is 3.68. The van der Waals surface area contributed by atoms with Crippen molar-refractivity contribution >= 4 is 17.5 Å². The molecule has 62 valence electrons. The lowest BCUT2D eigenvalue weighted by molar-refractivity contribution is 0.319. The van der Waals surface area contributed by atoms with Gasteiger partial charge < -0.3 is 5.21 Å². The van der Waals surface area contributed by atoms with Crippen LogP contribution in [0.3, 0.4) is 0 Å². The van der Waals surface area contributed by atoms with Gasteiger partial charge in [-0.1, -0.05) is 29.4 Å². The van der Waals surface area contributed by atoms with Crippen LogP contribution in [0.4, 0.5) is 0 Å². The molecule has 0 saturated heterocycles. The van der Waals surface area contributed by atoms with Crippen molar-refractivity contribution < 1.29 is 5.21 Å². The predicted molar refractivity (Wildman–Crippen MR) is 50.9 cm³/mol. The summed E-state index contributed by atoms with van der Waals surface area (Å²) >= 11 is 1.78. The van der Waals surface area contributed by atoms with Gasteiger partial charge in [-0.2, -0.15) is 11.8 Å². The summed E-state index contributed by atoms with van der Waals surface area (Å²) in [6, 6.07) is 8.07. The summed E-state index contributed by atoms with van der Waals surface area (Å²) in [5.41, 5.74) is 3.15. The molecule has 1 aromatic rings. The molecule has 0 saturated carbocycles. The SMILES string of the molecule is ON=C1CSCc2ccccc21. The Kier molecular flexibility index (Phi) is 2.04. The molecule has 2 nitrogen and oxygen atoms in total. The number of thioether (sulfide) groups is 1. The fourth-order valence-electron chi connectivity index (χ4n) is 1.35. The maximum absolute atomic E-state index is 8.71. The average molecular weight is 179 g/mol. The van der Waals surface area contributed by atoms with Gasteiger partial charge in [0.2, 0.25) is 0 Å². The molecule has 1 aliphatic rings. The first-order valence-corrected chi connectivity index (χ1v) is 4.94. The Bertz CT molecular complexity index is 322. The molecule has 1 N–H and O–H groups in total. The Morgan fingerprint density at radius 2 is 2.08 bits per heavy atom. The van der Waals surface area contributed by atoms with E-state index in [0.29, 0.717) is 0 Å². The van der Waals surface area contributed by atoms with Crippen LogP contribution in [0.2, 0.25) is 0 Å². The first kappa shape index (κ1) is 7.68. The molecule has 2 rings (SSSR count). The molecular weight excluding hydrogens is 170 g/mol. The summed E-state index contributed by atoms with van der Waals surface area (Å²) in [6.07, 6.45) is 0. The summed E-state index contributed by atoms with van der Waals surface area (Å²) in [6.45, 7) is 0. The monoisotopic (exact) mass is 179 g/mol. The van der Waals surface area contributed by atoms with Crippen LogP contribution in [0.15, 0.2) is 29.4 Å². The van der Waals surface area contributed by atoms with Crippen LogP contribution >= 0.6 is 11.8 Å². The Labute approximate surface area is 75.3 Å². The molecule has 0 unspecified atom stereocenters. The number of rotatable bonds is 0. The highest BCUT2D eigenvalue weighted by atomic mass is 32.2.